The first-order valence-corrected chi connectivity index (χ1v) is 12.3. The molecule has 1 heterocycles. The highest BCUT2D eigenvalue weighted by atomic mass is 32.2. The Kier molecular flexibility index (Phi) is 9.21. The lowest BCUT2D eigenvalue weighted by molar-refractivity contribution is -0.151. The zero-order valence-corrected chi connectivity index (χ0v) is 20.0. The van der Waals surface area contributed by atoms with E-state index < -0.39 is 10.0 Å². The van der Waals surface area contributed by atoms with Gasteiger partial charge in [-0.1, -0.05) is 17.7 Å². The van der Waals surface area contributed by atoms with Crippen LogP contribution in [0.25, 0.3) is 0 Å². The van der Waals surface area contributed by atoms with Crippen LogP contribution in [0.15, 0.2) is 23.1 Å². The standard InChI is InChI=1S/C22H33N3O6S/c1-5-31-22(28)18-9-12-25(13-10-18)21(27)15-24(4)20(26)8-11-23-32(29,30)19-7-6-16(2)14-17(19)3/h6-7,14,18,23H,5,8-13,15H2,1-4H3. The van der Waals surface area contributed by atoms with E-state index in [0.717, 1.165) is 5.56 Å². The van der Waals surface area contributed by atoms with Crippen LogP contribution in [0.3, 0.4) is 0 Å². The van der Waals surface area contributed by atoms with Gasteiger partial charge in [0.05, 0.1) is 24.0 Å². The predicted molar refractivity (Wildman–Crippen MR) is 119 cm³/mol. The van der Waals surface area contributed by atoms with Crippen LogP contribution in [0, 0.1) is 19.8 Å². The molecule has 1 fully saturated rings. The molecular weight excluding hydrogens is 434 g/mol. The number of esters is 1. The molecule has 0 unspecified atom stereocenters. The van der Waals surface area contributed by atoms with Crippen LogP contribution in [0.1, 0.15) is 37.3 Å². The highest BCUT2D eigenvalue weighted by Gasteiger charge is 2.29. The Labute approximate surface area is 190 Å². The number of amides is 2. The van der Waals surface area contributed by atoms with Gasteiger partial charge in [0.2, 0.25) is 21.8 Å². The molecule has 2 amide bonds. The summed E-state index contributed by atoms with van der Waals surface area (Å²) in [4.78, 5) is 39.8. The summed E-state index contributed by atoms with van der Waals surface area (Å²) in [5.41, 5.74) is 1.60. The van der Waals surface area contributed by atoms with Crippen molar-refractivity contribution >= 4 is 27.8 Å². The Bertz CT molecular complexity index is 939. The molecule has 178 valence electrons. The summed E-state index contributed by atoms with van der Waals surface area (Å²) in [6.45, 7) is 6.45. The molecule has 0 radical (unpaired) electrons. The van der Waals surface area contributed by atoms with E-state index in [9.17, 15) is 22.8 Å². The van der Waals surface area contributed by atoms with Gasteiger partial charge in [-0.3, -0.25) is 14.4 Å². The third-order valence-corrected chi connectivity index (χ3v) is 7.14. The number of aryl methyl sites for hydroxylation is 2. The third kappa shape index (κ3) is 7.03. The van der Waals surface area contributed by atoms with E-state index in [1.165, 1.54) is 11.9 Å². The summed E-state index contributed by atoms with van der Waals surface area (Å²) in [7, 11) is -2.20. The number of piperidine rings is 1. The number of hydrogen-bond acceptors (Lipinski definition) is 6. The highest BCUT2D eigenvalue weighted by molar-refractivity contribution is 7.89. The molecule has 0 bridgehead atoms. The van der Waals surface area contributed by atoms with E-state index in [-0.39, 0.29) is 48.1 Å². The van der Waals surface area contributed by atoms with E-state index in [1.807, 2.05) is 6.92 Å². The molecule has 1 aromatic carbocycles. The monoisotopic (exact) mass is 467 g/mol. The van der Waals surface area contributed by atoms with Gasteiger partial charge in [-0.2, -0.15) is 0 Å². The fraction of sp³-hybridized carbons (Fsp3) is 0.591. The lowest BCUT2D eigenvalue weighted by atomic mass is 9.97. The Morgan fingerprint density at radius 1 is 1.19 bits per heavy atom. The van der Waals surface area contributed by atoms with Gasteiger partial charge in [0.1, 0.15) is 0 Å². The van der Waals surface area contributed by atoms with E-state index in [2.05, 4.69) is 4.72 Å². The molecule has 1 N–H and O–H groups in total. The molecule has 1 saturated heterocycles. The van der Waals surface area contributed by atoms with E-state index in [4.69, 9.17) is 4.74 Å². The Balaban J connectivity index is 1.78. The van der Waals surface area contributed by atoms with Gasteiger partial charge in [0, 0.05) is 33.1 Å². The van der Waals surface area contributed by atoms with Crippen LogP contribution >= 0.6 is 0 Å². The number of likely N-dealkylation sites (tertiary alicyclic amines) is 1. The molecule has 32 heavy (non-hydrogen) atoms. The second-order valence-electron chi connectivity index (χ2n) is 8.07. The van der Waals surface area contributed by atoms with Crippen LogP contribution in [0.4, 0.5) is 0 Å². The van der Waals surface area contributed by atoms with Gasteiger partial charge in [0.15, 0.2) is 0 Å². The van der Waals surface area contributed by atoms with Gasteiger partial charge in [-0.15, -0.1) is 0 Å². The maximum atomic E-state index is 12.5. The number of rotatable bonds is 9. The first-order chi connectivity index (χ1) is 15.0. The van der Waals surface area contributed by atoms with Crippen LogP contribution in [-0.2, 0) is 29.1 Å². The maximum Gasteiger partial charge on any atom is 0.309 e. The second-order valence-corrected chi connectivity index (χ2v) is 9.81. The molecule has 9 nitrogen and oxygen atoms in total. The van der Waals surface area contributed by atoms with Crippen molar-refractivity contribution in [3.05, 3.63) is 29.3 Å². The zero-order chi connectivity index (χ0) is 23.9. The van der Waals surface area contributed by atoms with Gasteiger partial charge in [0.25, 0.3) is 0 Å². The van der Waals surface area contributed by atoms with E-state index in [0.29, 0.717) is 38.1 Å². The average Bonchev–Trinajstić information content (AvgIpc) is 2.73. The largest absolute Gasteiger partial charge is 0.466 e. The number of nitrogens with zero attached hydrogens (tertiary/aromatic N) is 2. The number of likely N-dealkylation sites (N-methyl/N-ethyl adjacent to an activating group) is 1. The van der Waals surface area contributed by atoms with Crippen molar-refractivity contribution in [2.24, 2.45) is 5.92 Å². The molecule has 0 aliphatic carbocycles. The summed E-state index contributed by atoms with van der Waals surface area (Å²) >= 11 is 0. The van der Waals surface area contributed by atoms with Crippen LogP contribution in [0.5, 0.6) is 0 Å². The van der Waals surface area contributed by atoms with Crippen molar-refractivity contribution in [1.29, 1.82) is 0 Å². The van der Waals surface area contributed by atoms with Crippen molar-refractivity contribution in [1.82, 2.24) is 14.5 Å². The summed E-state index contributed by atoms with van der Waals surface area (Å²) in [5, 5.41) is 0. The van der Waals surface area contributed by atoms with Crippen molar-refractivity contribution < 1.29 is 27.5 Å². The molecular formula is C22H33N3O6S. The number of benzene rings is 1. The number of hydrogen-bond donors (Lipinski definition) is 1. The predicted octanol–water partition coefficient (Wildman–Crippen LogP) is 1.23. The molecule has 0 aromatic heterocycles. The molecule has 0 spiro atoms. The fourth-order valence-electron chi connectivity index (χ4n) is 3.68. The van der Waals surface area contributed by atoms with Crippen LogP contribution in [0.2, 0.25) is 0 Å². The van der Waals surface area contributed by atoms with Gasteiger partial charge in [-0.25, -0.2) is 13.1 Å². The topological polar surface area (TPSA) is 113 Å². The highest BCUT2D eigenvalue weighted by Crippen LogP contribution is 2.19. The number of carbonyl (C=O) groups is 3. The Hall–Kier alpha value is -2.46. The molecule has 10 heteroatoms. The van der Waals surface area contributed by atoms with Gasteiger partial charge in [-0.05, 0) is 45.2 Å². The quantitative estimate of drug-likeness (QED) is 0.547. The summed E-state index contributed by atoms with van der Waals surface area (Å²) in [5.74, 6) is -0.944. The van der Waals surface area contributed by atoms with Gasteiger partial charge < -0.3 is 14.5 Å². The minimum Gasteiger partial charge on any atom is -0.466 e. The first-order valence-electron chi connectivity index (χ1n) is 10.8. The van der Waals surface area contributed by atoms with Crippen molar-refractivity contribution in [3.8, 4) is 0 Å². The molecule has 1 aliphatic heterocycles. The molecule has 1 aromatic rings. The van der Waals surface area contributed by atoms with Crippen molar-refractivity contribution in [2.45, 2.75) is 44.9 Å². The van der Waals surface area contributed by atoms with Gasteiger partial charge >= 0.3 is 5.97 Å². The normalized spacial score (nSPS) is 14.8. The number of sulfonamides is 1. The van der Waals surface area contributed by atoms with Crippen LogP contribution < -0.4 is 4.72 Å². The third-order valence-electron chi connectivity index (χ3n) is 5.52. The minimum absolute atomic E-state index is 0.0567. The van der Waals surface area contributed by atoms with Crippen LogP contribution in [-0.4, -0.2) is 75.8 Å². The van der Waals surface area contributed by atoms with E-state index in [1.54, 1.807) is 36.9 Å². The summed E-state index contributed by atoms with van der Waals surface area (Å²) in [6.07, 6.45) is 1.03. The zero-order valence-electron chi connectivity index (χ0n) is 19.2. The summed E-state index contributed by atoms with van der Waals surface area (Å²) in [6, 6.07) is 5.06. The first kappa shape index (κ1) is 25.8. The van der Waals surface area contributed by atoms with Crippen molar-refractivity contribution in [2.75, 3.05) is 39.8 Å². The minimum atomic E-state index is -3.72. The smallest absolute Gasteiger partial charge is 0.309 e. The summed E-state index contributed by atoms with van der Waals surface area (Å²) < 4.78 is 32.5. The number of carbonyl (C=O) groups excluding carboxylic acids is 3. The molecule has 0 atom stereocenters. The number of nitrogens with one attached hydrogen (secondary N) is 1. The lowest BCUT2D eigenvalue weighted by Gasteiger charge is -2.32. The molecule has 1 aliphatic rings. The lowest BCUT2D eigenvalue weighted by Crippen LogP contribution is -2.46. The molecule has 2 rings (SSSR count). The Morgan fingerprint density at radius 2 is 1.84 bits per heavy atom. The average molecular weight is 468 g/mol. The Morgan fingerprint density at radius 3 is 2.44 bits per heavy atom. The second kappa shape index (κ2) is 11.4. The van der Waals surface area contributed by atoms with E-state index >= 15 is 0 Å². The fourth-order valence-corrected chi connectivity index (χ4v) is 4.93. The maximum absolute atomic E-state index is 12.5. The van der Waals surface area contributed by atoms with Crippen molar-refractivity contribution in [3.63, 3.8) is 0 Å². The SMILES string of the molecule is CCOC(=O)C1CCN(C(=O)CN(C)C(=O)CCNS(=O)(=O)c2ccc(C)cc2C)CC1. The number of ether oxygens (including phenoxy) is 1. The molecule has 0 saturated carbocycles.